The van der Waals surface area contributed by atoms with E-state index >= 15 is 0 Å². The van der Waals surface area contributed by atoms with Gasteiger partial charge in [-0.15, -0.1) is 11.3 Å². The number of primary amides is 1. The van der Waals surface area contributed by atoms with Crippen LogP contribution in [0, 0.1) is 3.57 Å². The molecule has 1 amide bonds. The van der Waals surface area contributed by atoms with Crippen molar-refractivity contribution in [1.82, 2.24) is 0 Å². The van der Waals surface area contributed by atoms with E-state index < -0.39 is 0 Å². The minimum absolute atomic E-state index is 0.339. The van der Waals surface area contributed by atoms with Crippen molar-refractivity contribution >= 4 is 39.8 Å². The van der Waals surface area contributed by atoms with Crippen molar-refractivity contribution in [2.75, 3.05) is 0 Å². The first kappa shape index (κ1) is 7.01. The number of carbonyl (C=O) groups is 1. The summed E-state index contributed by atoms with van der Waals surface area (Å²) in [5.41, 5.74) is 5.03. The maximum atomic E-state index is 10.5. The Hall–Kier alpha value is -0.100. The molecular weight excluding hydrogens is 249 g/mol. The summed E-state index contributed by atoms with van der Waals surface area (Å²) >= 11 is 3.46. The number of carbonyl (C=O) groups excluding carboxylic acids is 1. The molecule has 0 saturated heterocycles. The zero-order chi connectivity index (χ0) is 6.85. The van der Waals surface area contributed by atoms with Crippen molar-refractivity contribution in [1.29, 1.82) is 0 Å². The van der Waals surface area contributed by atoms with Gasteiger partial charge in [0, 0.05) is 3.57 Å². The average molecular weight is 253 g/mol. The molecule has 0 fully saturated rings. The van der Waals surface area contributed by atoms with Gasteiger partial charge in [0.2, 0.25) is 0 Å². The highest BCUT2D eigenvalue weighted by atomic mass is 127. The Kier molecular flexibility index (Phi) is 2.07. The summed E-state index contributed by atoms with van der Waals surface area (Å²) in [6, 6.07) is 1.87. The number of nitrogens with two attached hydrogens (primary N) is 1. The third-order valence-electron chi connectivity index (χ3n) is 0.841. The Balaban J connectivity index is 3.08. The lowest BCUT2D eigenvalue weighted by molar-refractivity contribution is 0.100. The number of hydrogen-bond acceptors (Lipinski definition) is 2. The molecule has 0 aliphatic rings. The minimum atomic E-state index is -0.339. The van der Waals surface area contributed by atoms with Crippen molar-refractivity contribution in [2.24, 2.45) is 5.73 Å². The molecule has 1 aromatic rings. The van der Waals surface area contributed by atoms with E-state index in [0.717, 1.165) is 3.57 Å². The SMILES string of the molecule is NC(=O)c1sccc1I. The number of hydrogen-bond donors (Lipinski definition) is 1. The van der Waals surface area contributed by atoms with Gasteiger partial charge in [-0.05, 0) is 34.0 Å². The number of amides is 1. The van der Waals surface area contributed by atoms with Crippen LogP contribution in [0.15, 0.2) is 11.4 Å². The van der Waals surface area contributed by atoms with Crippen LogP contribution in [-0.4, -0.2) is 5.91 Å². The summed E-state index contributed by atoms with van der Waals surface area (Å²) in [6.45, 7) is 0. The summed E-state index contributed by atoms with van der Waals surface area (Å²) in [5, 5.41) is 1.85. The molecular formula is C5H4INOS. The van der Waals surface area contributed by atoms with Crippen molar-refractivity contribution in [3.63, 3.8) is 0 Å². The van der Waals surface area contributed by atoms with E-state index in [9.17, 15) is 4.79 Å². The molecule has 0 spiro atoms. The Morgan fingerprint density at radius 1 is 1.78 bits per heavy atom. The van der Waals surface area contributed by atoms with Crippen LogP contribution >= 0.6 is 33.9 Å². The zero-order valence-electron chi connectivity index (χ0n) is 4.43. The molecule has 0 unspecified atom stereocenters. The fourth-order valence-electron chi connectivity index (χ4n) is 0.470. The van der Waals surface area contributed by atoms with E-state index in [1.165, 1.54) is 11.3 Å². The van der Waals surface area contributed by atoms with E-state index in [4.69, 9.17) is 5.73 Å². The van der Waals surface area contributed by atoms with Gasteiger partial charge >= 0.3 is 0 Å². The molecule has 0 radical (unpaired) electrons. The topological polar surface area (TPSA) is 43.1 Å². The summed E-state index contributed by atoms with van der Waals surface area (Å²) in [7, 11) is 0. The van der Waals surface area contributed by atoms with Crippen LogP contribution in [0.3, 0.4) is 0 Å². The van der Waals surface area contributed by atoms with Gasteiger partial charge in [0.05, 0.1) is 0 Å². The van der Waals surface area contributed by atoms with Crippen molar-refractivity contribution in [2.45, 2.75) is 0 Å². The van der Waals surface area contributed by atoms with Gasteiger partial charge in [-0.1, -0.05) is 0 Å². The van der Waals surface area contributed by atoms with Crippen molar-refractivity contribution in [3.8, 4) is 0 Å². The number of thiophene rings is 1. The van der Waals surface area contributed by atoms with Crippen LogP contribution in [0.1, 0.15) is 9.67 Å². The molecule has 0 aromatic carbocycles. The quantitative estimate of drug-likeness (QED) is 0.756. The second-order valence-corrected chi connectivity index (χ2v) is 3.54. The van der Waals surface area contributed by atoms with E-state index in [0.29, 0.717) is 4.88 Å². The van der Waals surface area contributed by atoms with Gasteiger partial charge < -0.3 is 5.73 Å². The predicted octanol–water partition coefficient (Wildman–Crippen LogP) is 1.45. The average Bonchev–Trinajstić information content (AvgIpc) is 2.13. The first-order chi connectivity index (χ1) is 4.22. The summed E-state index contributed by atoms with van der Waals surface area (Å²) < 4.78 is 0.935. The molecule has 2 N–H and O–H groups in total. The first-order valence-corrected chi connectivity index (χ1v) is 4.20. The summed E-state index contributed by atoms with van der Waals surface area (Å²) in [6.07, 6.45) is 0. The number of rotatable bonds is 1. The van der Waals surface area contributed by atoms with Gasteiger partial charge in [-0.25, -0.2) is 0 Å². The second kappa shape index (κ2) is 2.66. The monoisotopic (exact) mass is 253 g/mol. The third kappa shape index (κ3) is 1.42. The zero-order valence-corrected chi connectivity index (χ0v) is 7.40. The maximum absolute atomic E-state index is 10.5. The van der Waals surface area contributed by atoms with Crippen LogP contribution in [0.5, 0.6) is 0 Å². The fourth-order valence-corrected chi connectivity index (χ4v) is 2.18. The van der Waals surface area contributed by atoms with Crippen LogP contribution < -0.4 is 5.73 Å². The van der Waals surface area contributed by atoms with Gasteiger partial charge in [-0.2, -0.15) is 0 Å². The molecule has 0 saturated carbocycles. The Morgan fingerprint density at radius 2 is 2.44 bits per heavy atom. The summed E-state index contributed by atoms with van der Waals surface area (Å²) in [4.78, 5) is 11.2. The highest BCUT2D eigenvalue weighted by Crippen LogP contribution is 2.17. The fraction of sp³-hybridized carbons (Fsp3) is 0. The van der Waals surface area contributed by atoms with Crippen LogP contribution in [0.25, 0.3) is 0 Å². The first-order valence-electron chi connectivity index (χ1n) is 2.24. The highest BCUT2D eigenvalue weighted by molar-refractivity contribution is 14.1. The summed E-state index contributed by atoms with van der Waals surface area (Å²) in [5.74, 6) is -0.339. The van der Waals surface area contributed by atoms with E-state index in [1.54, 1.807) is 0 Å². The lowest BCUT2D eigenvalue weighted by Gasteiger charge is -1.86. The molecule has 9 heavy (non-hydrogen) atoms. The molecule has 0 bridgehead atoms. The van der Waals surface area contributed by atoms with Gasteiger partial charge in [0.25, 0.3) is 5.91 Å². The molecule has 0 aliphatic heterocycles. The molecule has 0 aliphatic carbocycles. The van der Waals surface area contributed by atoms with Gasteiger partial charge in [0.15, 0.2) is 0 Å². The third-order valence-corrected chi connectivity index (χ3v) is 3.03. The molecule has 1 aromatic heterocycles. The maximum Gasteiger partial charge on any atom is 0.259 e. The van der Waals surface area contributed by atoms with E-state index in [-0.39, 0.29) is 5.91 Å². The van der Waals surface area contributed by atoms with E-state index in [2.05, 4.69) is 22.6 Å². The lowest BCUT2D eigenvalue weighted by Crippen LogP contribution is -2.09. The second-order valence-electron chi connectivity index (χ2n) is 1.46. The lowest BCUT2D eigenvalue weighted by atomic mass is 10.5. The Morgan fingerprint density at radius 3 is 2.67 bits per heavy atom. The predicted molar refractivity (Wildman–Crippen MR) is 45.6 cm³/mol. The minimum Gasteiger partial charge on any atom is -0.365 e. The van der Waals surface area contributed by atoms with Gasteiger partial charge in [-0.3, -0.25) is 4.79 Å². The molecule has 48 valence electrons. The standard InChI is InChI=1S/C5H4INOS/c6-3-1-2-9-4(3)5(7)8/h1-2H,(H2,7,8). The largest absolute Gasteiger partial charge is 0.365 e. The van der Waals surface area contributed by atoms with Crippen LogP contribution in [0.4, 0.5) is 0 Å². The Labute approximate surface area is 70.2 Å². The normalized spacial score (nSPS) is 9.44. The van der Waals surface area contributed by atoms with E-state index in [1.807, 2.05) is 11.4 Å². The Bertz CT molecular complexity index is 233. The highest BCUT2D eigenvalue weighted by Gasteiger charge is 2.04. The van der Waals surface area contributed by atoms with Crippen LogP contribution in [-0.2, 0) is 0 Å². The molecule has 1 rings (SSSR count). The molecule has 1 heterocycles. The smallest absolute Gasteiger partial charge is 0.259 e. The van der Waals surface area contributed by atoms with Crippen LogP contribution in [0.2, 0.25) is 0 Å². The van der Waals surface area contributed by atoms with Crippen molar-refractivity contribution < 1.29 is 4.79 Å². The molecule has 0 atom stereocenters. The molecule has 4 heteroatoms. The number of halogens is 1. The van der Waals surface area contributed by atoms with Gasteiger partial charge in [0.1, 0.15) is 4.88 Å². The van der Waals surface area contributed by atoms with Crippen molar-refractivity contribution in [3.05, 3.63) is 19.9 Å². The molecule has 2 nitrogen and oxygen atoms in total.